The third kappa shape index (κ3) is 4.79. The maximum Gasteiger partial charge on any atom is 0.329 e. The van der Waals surface area contributed by atoms with Crippen LogP contribution in [0.2, 0.25) is 0 Å². The highest BCUT2D eigenvalue weighted by atomic mass is 31.2. The summed E-state index contributed by atoms with van der Waals surface area (Å²) in [4.78, 5) is 17.5. The summed E-state index contributed by atoms with van der Waals surface area (Å²) in [6.07, 6.45) is 1.39. The van der Waals surface area contributed by atoms with Gasteiger partial charge >= 0.3 is 7.60 Å². The molecule has 15 heavy (non-hydrogen) atoms. The van der Waals surface area contributed by atoms with Crippen LogP contribution in [-0.4, -0.2) is 16.4 Å². The van der Waals surface area contributed by atoms with Gasteiger partial charge in [-0.25, -0.2) is 0 Å². The van der Waals surface area contributed by atoms with E-state index in [9.17, 15) is 4.57 Å². The van der Waals surface area contributed by atoms with Crippen LogP contribution in [0.3, 0.4) is 0 Å². The molecule has 0 amide bonds. The topological polar surface area (TPSA) is 66.8 Å². The number of hydrogen-bond acceptors (Lipinski definition) is 2. The monoisotopic (exact) mass is 228 g/mol. The molecule has 0 aromatic heterocycles. The summed E-state index contributed by atoms with van der Waals surface area (Å²) in [6.45, 7) is 3.93. The number of rotatable bonds is 5. The molecule has 0 heterocycles. The van der Waals surface area contributed by atoms with Crippen molar-refractivity contribution in [2.45, 2.75) is 6.16 Å². The standard InChI is InChI=1S/C10H13O4P/c1-2-7-14-10-5-3-9(4-6-10)8-15(11,12)13/h2-6H,1,7-8H2,(H2,11,12,13). The molecule has 0 aliphatic heterocycles. The Morgan fingerprint density at radius 2 is 1.93 bits per heavy atom. The average molecular weight is 228 g/mol. The van der Waals surface area contributed by atoms with E-state index in [2.05, 4.69) is 6.58 Å². The van der Waals surface area contributed by atoms with Gasteiger partial charge in [0.2, 0.25) is 0 Å². The number of benzene rings is 1. The van der Waals surface area contributed by atoms with Crippen molar-refractivity contribution >= 4 is 7.60 Å². The zero-order chi connectivity index (χ0) is 11.3. The molecule has 0 atom stereocenters. The molecule has 0 bridgehead atoms. The van der Waals surface area contributed by atoms with Gasteiger partial charge in [-0.15, -0.1) is 0 Å². The maximum absolute atomic E-state index is 10.7. The van der Waals surface area contributed by atoms with E-state index in [1.807, 2.05) is 0 Å². The lowest BCUT2D eigenvalue weighted by molar-refractivity contribution is 0.362. The van der Waals surface area contributed by atoms with E-state index in [0.717, 1.165) is 0 Å². The number of ether oxygens (including phenoxy) is 1. The van der Waals surface area contributed by atoms with Gasteiger partial charge in [-0.3, -0.25) is 4.57 Å². The second-order valence-electron chi connectivity index (χ2n) is 3.07. The van der Waals surface area contributed by atoms with Gasteiger partial charge in [0.1, 0.15) is 12.4 Å². The molecule has 0 aliphatic rings. The summed E-state index contributed by atoms with van der Waals surface area (Å²) in [7, 11) is -3.98. The second-order valence-corrected chi connectivity index (χ2v) is 4.71. The van der Waals surface area contributed by atoms with E-state index >= 15 is 0 Å². The normalized spacial score (nSPS) is 11.1. The molecule has 0 saturated carbocycles. The summed E-state index contributed by atoms with van der Waals surface area (Å²) in [5.74, 6) is 0.657. The Kier molecular flexibility index (Phi) is 4.09. The van der Waals surface area contributed by atoms with Gasteiger partial charge in [0.15, 0.2) is 0 Å². The van der Waals surface area contributed by atoms with Crippen LogP contribution in [0, 0.1) is 0 Å². The summed E-state index contributed by atoms with van der Waals surface area (Å²) in [5.41, 5.74) is 0.592. The molecule has 0 saturated heterocycles. The molecule has 1 aromatic rings. The summed E-state index contributed by atoms with van der Waals surface area (Å²) in [5, 5.41) is 0. The van der Waals surface area contributed by atoms with E-state index < -0.39 is 7.60 Å². The van der Waals surface area contributed by atoms with Gasteiger partial charge < -0.3 is 14.5 Å². The first-order valence-electron chi connectivity index (χ1n) is 4.38. The molecule has 0 aliphatic carbocycles. The molecule has 1 aromatic carbocycles. The Hall–Kier alpha value is -1.09. The fourth-order valence-electron chi connectivity index (χ4n) is 1.08. The molecule has 82 valence electrons. The minimum atomic E-state index is -3.98. The molecule has 2 N–H and O–H groups in total. The van der Waals surface area contributed by atoms with Gasteiger partial charge in [-0.05, 0) is 17.7 Å². The Morgan fingerprint density at radius 3 is 2.40 bits per heavy atom. The quantitative estimate of drug-likeness (QED) is 0.597. The SMILES string of the molecule is C=CCOc1ccc(CP(=O)(O)O)cc1. The Morgan fingerprint density at radius 1 is 1.33 bits per heavy atom. The van der Waals surface area contributed by atoms with Gasteiger partial charge in [0, 0.05) is 0 Å². The van der Waals surface area contributed by atoms with Crippen molar-refractivity contribution in [2.75, 3.05) is 6.61 Å². The van der Waals surface area contributed by atoms with E-state index in [1.165, 1.54) is 0 Å². The number of hydrogen-bond donors (Lipinski definition) is 2. The predicted molar refractivity (Wildman–Crippen MR) is 57.9 cm³/mol. The van der Waals surface area contributed by atoms with Crippen LogP contribution in [0.15, 0.2) is 36.9 Å². The van der Waals surface area contributed by atoms with Crippen molar-refractivity contribution in [3.63, 3.8) is 0 Å². The fraction of sp³-hybridized carbons (Fsp3) is 0.200. The first-order valence-corrected chi connectivity index (χ1v) is 6.18. The van der Waals surface area contributed by atoms with Crippen molar-refractivity contribution in [1.29, 1.82) is 0 Å². The molecule has 0 radical (unpaired) electrons. The van der Waals surface area contributed by atoms with Gasteiger partial charge in [-0.2, -0.15) is 0 Å². The first-order chi connectivity index (χ1) is 7.01. The van der Waals surface area contributed by atoms with Crippen LogP contribution in [0.1, 0.15) is 5.56 Å². The lowest BCUT2D eigenvalue weighted by Gasteiger charge is -2.06. The second kappa shape index (κ2) is 5.12. The Labute approximate surface area is 88.4 Å². The maximum atomic E-state index is 10.7. The van der Waals surface area contributed by atoms with Crippen LogP contribution in [0.5, 0.6) is 5.75 Å². The van der Waals surface area contributed by atoms with Crippen LogP contribution in [0.25, 0.3) is 0 Å². The molecule has 4 nitrogen and oxygen atoms in total. The highest BCUT2D eigenvalue weighted by molar-refractivity contribution is 7.50. The Balaban J connectivity index is 2.64. The highest BCUT2D eigenvalue weighted by Crippen LogP contribution is 2.39. The zero-order valence-corrected chi connectivity index (χ0v) is 9.06. The fourth-order valence-corrected chi connectivity index (χ4v) is 1.77. The summed E-state index contributed by atoms with van der Waals surface area (Å²) in [6, 6.07) is 6.62. The zero-order valence-electron chi connectivity index (χ0n) is 8.17. The molecule has 1 rings (SSSR count). The molecule has 0 spiro atoms. The predicted octanol–water partition coefficient (Wildman–Crippen LogP) is 1.93. The molecular weight excluding hydrogens is 215 g/mol. The van der Waals surface area contributed by atoms with Gasteiger partial charge in [0.05, 0.1) is 6.16 Å². The largest absolute Gasteiger partial charge is 0.490 e. The minimum absolute atomic E-state index is 0.241. The van der Waals surface area contributed by atoms with Crippen LogP contribution in [-0.2, 0) is 10.7 Å². The van der Waals surface area contributed by atoms with Crippen LogP contribution >= 0.6 is 7.60 Å². The van der Waals surface area contributed by atoms with E-state index in [0.29, 0.717) is 17.9 Å². The van der Waals surface area contributed by atoms with E-state index in [1.54, 1.807) is 30.3 Å². The minimum Gasteiger partial charge on any atom is -0.490 e. The van der Waals surface area contributed by atoms with E-state index in [4.69, 9.17) is 14.5 Å². The van der Waals surface area contributed by atoms with Crippen molar-refractivity contribution in [3.8, 4) is 5.75 Å². The molecule has 0 unspecified atom stereocenters. The lowest BCUT2D eigenvalue weighted by Crippen LogP contribution is -1.93. The van der Waals surface area contributed by atoms with Crippen molar-refractivity contribution < 1.29 is 19.1 Å². The third-order valence-electron chi connectivity index (χ3n) is 1.68. The lowest BCUT2D eigenvalue weighted by atomic mass is 10.2. The van der Waals surface area contributed by atoms with Crippen molar-refractivity contribution in [2.24, 2.45) is 0 Å². The highest BCUT2D eigenvalue weighted by Gasteiger charge is 2.13. The van der Waals surface area contributed by atoms with Gasteiger partial charge in [0.25, 0.3) is 0 Å². The third-order valence-corrected chi connectivity index (χ3v) is 2.46. The van der Waals surface area contributed by atoms with Gasteiger partial charge in [-0.1, -0.05) is 24.8 Å². The molecule has 5 heteroatoms. The summed E-state index contributed by atoms with van der Waals surface area (Å²) < 4.78 is 15.9. The average Bonchev–Trinajstić information content (AvgIpc) is 2.14. The van der Waals surface area contributed by atoms with Crippen LogP contribution in [0.4, 0.5) is 0 Å². The van der Waals surface area contributed by atoms with Crippen molar-refractivity contribution in [1.82, 2.24) is 0 Å². The first kappa shape index (κ1) is 12.0. The molecular formula is C10H13O4P. The smallest absolute Gasteiger partial charge is 0.329 e. The summed E-state index contributed by atoms with van der Waals surface area (Å²) >= 11 is 0. The van der Waals surface area contributed by atoms with Crippen LogP contribution < -0.4 is 4.74 Å². The van der Waals surface area contributed by atoms with Crippen molar-refractivity contribution in [3.05, 3.63) is 42.5 Å². The van der Waals surface area contributed by atoms with E-state index in [-0.39, 0.29) is 6.16 Å². The molecule has 0 fully saturated rings. The Bertz CT molecular complexity index is 366.